The molecule has 0 saturated carbocycles. The quantitative estimate of drug-likeness (QED) is 0.824. The average Bonchev–Trinajstić information content (AvgIpc) is 2.49. The molecule has 2 N–H and O–H groups in total. The summed E-state index contributed by atoms with van der Waals surface area (Å²) in [6.07, 6.45) is 0.627. The van der Waals surface area contributed by atoms with Gasteiger partial charge in [-0.2, -0.15) is 0 Å². The maximum Gasteiger partial charge on any atom is 0.255 e. The second kappa shape index (κ2) is 7.22. The third kappa shape index (κ3) is 3.92. The van der Waals surface area contributed by atoms with Gasteiger partial charge >= 0.3 is 0 Å². The fourth-order valence-electron chi connectivity index (χ4n) is 1.83. The number of nitrogens with one attached hydrogen (secondary N) is 1. The minimum atomic E-state index is -0.124. The van der Waals surface area contributed by atoms with Crippen molar-refractivity contribution in [2.24, 2.45) is 0 Å². The predicted octanol–water partition coefficient (Wildman–Crippen LogP) is 3.37. The summed E-state index contributed by atoms with van der Waals surface area (Å²) in [5.41, 5.74) is 3.57. The molecule has 1 amide bonds. The van der Waals surface area contributed by atoms with E-state index in [4.69, 9.17) is 5.11 Å². The van der Waals surface area contributed by atoms with Gasteiger partial charge in [0.2, 0.25) is 0 Å². The topological polar surface area (TPSA) is 49.3 Å². The van der Waals surface area contributed by atoms with E-state index >= 15 is 0 Å². The minimum absolute atomic E-state index is 0.124. The lowest BCUT2D eigenvalue weighted by Gasteiger charge is -2.07. The van der Waals surface area contributed by atoms with E-state index in [1.54, 1.807) is 0 Å². The van der Waals surface area contributed by atoms with E-state index in [0.717, 1.165) is 22.1 Å². The lowest BCUT2D eigenvalue weighted by atomic mass is 10.1. The zero-order chi connectivity index (χ0) is 14.4. The summed E-state index contributed by atoms with van der Waals surface area (Å²) >= 11 is 3.37. The molecule has 20 heavy (non-hydrogen) atoms. The molecule has 0 aliphatic heterocycles. The van der Waals surface area contributed by atoms with E-state index in [-0.39, 0.29) is 12.5 Å². The maximum atomic E-state index is 12.1. The average molecular weight is 334 g/mol. The van der Waals surface area contributed by atoms with Gasteiger partial charge in [-0.25, -0.2) is 0 Å². The minimum Gasteiger partial charge on any atom is -0.396 e. The van der Waals surface area contributed by atoms with Crippen LogP contribution < -0.4 is 5.32 Å². The summed E-state index contributed by atoms with van der Waals surface area (Å²) in [7, 11) is 0. The molecule has 0 atom stereocenters. The lowest BCUT2D eigenvalue weighted by molar-refractivity contribution is 0.102. The van der Waals surface area contributed by atoms with Gasteiger partial charge in [0.15, 0.2) is 0 Å². The number of benzene rings is 2. The third-order valence-corrected chi connectivity index (χ3v) is 3.63. The molecule has 2 aromatic rings. The Morgan fingerprint density at radius 3 is 2.15 bits per heavy atom. The van der Waals surface area contributed by atoms with E-state index in [1.165, 1.54) is 0 Å². The summed E-state index contributed by atoms with van der Waals surface area (Å²) in [6.45, 7) is 0.131. The molecule has 0 fully saturated rings. The molecule has 0 saturated heterocycles. The number of halogens is 1. The van der Waals surface area contributed by atoms with Gasteiger partial charge in [-0.1, -0.05) is 40.2 Å². The van der Waals surface area contributed by atoms with Crippen LogP contribution in [0.5, 0.6) is 0 Å². The van der Waals surface area contributed by atoms with Crippen molar-refractivity contribution in [3.05, 3.63) is 65.2 Å². The van der Waals surface area contributed by atoms with Crippen LogP contribution in [0.2, 0.25) is 0 Å². The highest BCUT2D eigenvalue weighted by atomic mass is 79.9. The normalized spacial score (nSPS) is 10.3. The Morgan fingerprint density at radius 2 is 1.60 bits per heavy atom. The van der Waals surface area contributed by atoms with Crippen molar-refractivity contribution < 1.29 is 9.90 Å². The highest BCUT2D eigenvalue weighted by molar-refractivity contribution is 9.08. The lowest BCUT2D eigenvalue weighted by Crippen LogP contribution is -2.11. The molecular weight excluding hydrogens is 318 g/mol. The Hall–Kier alpha value is -1.65. The monoisotopic (exact) mass is 333 g/mol. The molecule has 0 aromatic heterocycles. The molecule has 3 nitrogen and oxygen atoms in total. The number of anilines is 1. The fourth-order valence-corrected chi connectivity index (χ4v) is 2.21. The first-order chi connectivity index (χ1) is 9.72. The third-order valence-electron chi connectivity index (χ3n) is 2.98. The van der Waals surface area contributed by atoms with Crippen LogP contribution in [0.1, 0.15) is 21.5 Å². The van der Waals surface area contributed by atoms with Crippen LogP contribution in [0.4, 0.5) is 5.69 Å². The molecule has 0 bridgehead atoms. The van der Waals surface area contributed by atoms with Crippen LogP contribution in [0.3, 0.4) is 0 Å². The van der Waals surface area contributed by atoms with E-state index < -0.39 is 0 Å². The highest BCUT2D eigenvalue weighted by Crippen LogP contribution is 2.13. The molecule has 2 aromatic carbocycles. The largest absolute Gasteiger partial charge is 0.396 e. The Balaban J connectivity index is 2.02. The number of aliphatic hydroxyl groups excluding tert-OH is 1. The summed E-state index contributed by atoms with van der Waals surface area (Å²) < 4.78 is 0. The standard InChI is InChI=1S/C16H16BrNO2/c17-11-13-1-5-14(6-2-13)16(20)18-15-7-3-12(4-8-15)9-10-19/h1-8,19H,9-11H2,(H,18,20). The first-order valence-corrected chi connectivity index (χ1v) is 7.51. The van der Waals surface area contributed by atoms with Gasteiger partial charge in [-0.05, 0) is 41.8 Å². The summed E-state index contributed by atoms with van der Waals surface area (Å²) in [6, 6.07) is 15.0. The van der Waals surface area contributed by atoms with Gasteiger partial charge in [-0.3, -0.25) is 4.79 Å². The number of rotatable bonds is 5. The Morgan fingerprint density at radius 1 is 1.00 bits per heavy atom. The Bertz CT molecular complexity index is 564. The van der Waals surface area contributed by atoms with Gasteiger partial charge in [-0.15, -0.1) is 0 Å². The molecule has 104 valence electrons. The van der Waals surface area contributed by atoms with Crippen LogP contribution >= 0.6 is 15.9 Å². The van der Waals surface area contributed by atoms with Crippen LogP contribution in [0.25, 0.3) is 0 Å². The SMILES string of the molecule is O=C(Nc1ccc(CCO)cc1)c1ccc(CBr)cc1. The van der Waals surface area contributed by atoms with Crippen molar-refractivity contribution in [3.8, 4) is 0 Å². The number of amides is 1. The van der Waals surface area contributed by atoms with E-state index in [9.17, 15) is 4.79 Å². The van der Waals surface area contributed by atoms with Gasteiger partial charge in [0.25, 0.3) is 5.91 Å². The summed E-state index contributed by atoms with van der Waals surface area (Å²) in [5, 5.41) is 12.5. The smallest absolute Gasteiger partial charge is 0.255 e. The molecule has 0 unspecified atom stereocenters. The second-order valence-electron chi connectivity index (χ2n) is 4.46. The van der Waals surface area contributed by atoms with Gasteiger partial charge in [0.05, 0.1) is 0 Å². The summed E-state index contributed by atoms with van der Waals surface area (Å²) in [5.74, 6) is -0.124. The van der Waals surface area contributed by atoms with Gasteiger partial charge < -0.3 is 10.4 Å². The van der Waals surface area contributed by atoms with Crippen LogP contribution in [0, 0.1) is 0 Å². The van der Waals surface area contributed by atoms with Crippen LogP contribution in [-0.2, 0) is 11.8 Å². The zero-order valence-corrected chi connectivity index (χ0v) is 12.6. The van der Waals surface area contributed by atoms with E-state index in [1.807, 2.05) is 48.5 Å². The second-order valence-corrected chi connectivity index (χ2v) is 5.02. The molecule has 0 heterocycles. The van der Waals surface area contributed by atoms with E-state index in [0.29, 0.717) is 12.0 Å². The number of carbonyl (C=O) groups excluding carboxylic acids is 1. The first kappa shape index (κ1) is 14.8. The van der Waals surface area contributed by atoms with Crippen molar-refractivity contribution in [2.45, 2.75) is 11.8 Å². The molecule has 2 rings (SSSR count). The number of carbonyl (C=O) groups is 1. The molecule has 0 radical (unpaired) electrons. The van der Waals surface area contributed by atoms with E-state index in [2.05, 4.69) is 21.2 Å². The molecule has 0 aliphatic carbocycles. The van der Waals surface area contributed by atoms with Crippen molar-refractivity contribution in [3.63, 3.8) is 0 Å². The molecule has 0 spiro atoms. The molecule has 4 heteroatoms. The fraction of sp³-hybridized carbons (Fsp3) is 0.188. The number of aliphatic hydroxyl groups is 1. The summed E-state index contributed by atoms with van der Waals surface area (Å²) in [4.78, 5) is 12.1. The van der Waals surface area contributed by atoms with Crippen molar-refractivity contribution in [2.75, 3.05) is 11.9 Å². The van der Waals surface area contributed by atoms with Crippen molar-refractivity contribution >= 4 is 27.5 Å². The van der Waals surface area contributed by atoms with Crippen LogP contribution in [-0.4, -0.2) is 17.6 Å². The number of hydrogen-bond donors (Lipinski definition) is 2. The Labute approximate surface area is 126 Å². The maximum absolute atomic E-state index is 12.1. The van der Waals surface area contributed by atoms with Gasteiger partial charge in [0, 0.05) is 23.2 Å². The van der Waals surface area contributed by atoms with Crippen molar-refractivity contribution in [1.82, 2.24) is 0 Å². The predicted molar refractivity (Wildman–Crippen MR) is 84.3 cm³/mol. The Kier molecular flexibility index (Phi) is 5.32. The number of alkyl halides is 1. The zero-order valence-electron chi connectivity index (χ0n) is 11.0. The number of hydrogen-bond acceptors (Lipinski definition) is 2. The van der Waals surface area contributed by atoms with Crippen molar-refractivity contribution in [1.29, 1.82) is 0 Å². The first-order valence-electron chi connectivity index (χ1n) is 6.39. The van der Waals surface area contributed by atoms with Gasteiger partial charge in [0.1, 0.15) is 0 Å². The highest BCUT2D eigenvalue weighted by Gasteiger charge is 2.05. The molecular formula is C16H16BrNO2. The van der Waals surface area contributed by atoms with Crippen LogP contribution in [0.15, 0.2) is 48.5 Å². The molecule has 0 aliphatic rings.